The molecule has 1 aliphatic heterocycles. The van der Waals surface area contributed by atoms with Gasteiger partial charge in [-0.2, -0.15) is 5.10 Å². The minimum Gasteiger partial charge on any atom is -0.365 e. The van der Waals surface area contributed by atoms with Gasteiger partial charge >= 0.3 is 0 Å². The summed E-state index contributed by atoms with van der Waals surface area (Å²) in [7, 11) is 1.59. The topological polar surface area (TPSA) is 80.0 Å². The maximum absolute atomic E-state index is 12.0. The van der Waals surface area contributed by atoms with Crippen LogP contribution in [0.1, 0.15) is 0 Å². The number of pyridine rings is 1. The van der Waals surface area contributed by atoms with Crippen LogP contribution in [0.2, 0.25) is 5.02 Å². The van der Waals surface area contributed by atoms with Gasteiger partial charge in [-0.15, -0.1) is 0 Å². The fourth-order valence-corrected chi connectivity index (χ4v) is 3.31. The van der Waals surface area contributed by atoms with Gasteiger partial charge in [-0.25, -0.2) is 19.6 Å². The largest absolute Gasteiger partial charge is 0.365 e. The van der Waals surface area contributed by atoms with Crippen molar-refractivity contribution in [3.8, 4) is 0 Å². The number of halogens is 1. The quantitative estimate of drug-likeness (QED) is 0.679. The molecule has 3 aromatic rings. The molecule has 0 amide bonds. The second-order valence-electron chi connectivity index (χ2n) is 5.82. The molecule has 0 aliphatic carbocycles. The van der Waals surface area contributed by atoms with Gasteiger partial charge in [0.1, 0.15) is 17.2 Å². The lowest BCUT2D eigenvalue weighted by Gasteiger charge is -2.37. The second kappa shape index (κ2) is 6.29. The molecule has 25 heavy (non-hydrogen) atoms. The van der Waals surface area contributed by atoms with E-state index in [1.54, 1.807) is 25.8 Å². The van der Waals surface area contributed by atoms with Gasteiger partial charge in [-0.1, -0.05) is 11.6 Å². The lowest BCUT2D eigenvalue weighted by Crippen LogP contribution is -2.47. The van der Waals surface area contributed by atoms with Gasteiger partial charge in [0.2, 0.25) is 0 Å². The normalized spacial score (nSPS) is 15.0. The van der Waals surface area contributed by atoms with E-state index in [9.17, 15) is 4.79 Å². The summed E-state index contributed by atoms with van der Waals surface area (Å²) in [5.74, 6) is 0.881. The number of aryl methyl sites for hydroxylation is 1. The maximum Gasteiger partial charge on any atom is 0.287 e. The third-order valence-electron chi connectivity index (χ3n) is 4.37. The van der Waals surface area contributed by atoms with Gasteiger partial charge in [-0.3, -0.25) is 4.79 Å². The summed E-state index contributed by atoms with van der Waals surface area (Å²) in [6, 6.07) is 3.86. The third kappa shape index (κ3) is 2.78. The van der Waals surface area contributed by atoms with E-state index in [4.69, 9.17) is 11.6 Å². The van der Waals surface area contributed by atoms with Crippen molar-refractivity contribution in [3.05, 3.63) is 46.2 Å². The van der Waals surface area contributed by atoms with Gasteiger partial charge in [0, 0.05) is 39.4 Å². The van der Waals surface area contributed by atoms with Crippen LogP contribution in [0.3, 0.4) is 0 Å². The van der Waals surface area contributed by atoms with Crippen molar-refractivity contribution < 1.29 is 0 Å². The highest BCUT2D eigenvalue weighted by Crippen LogP contribution is 2.26. The molecule has 3 aromatic heterocycles. The first-order valence-electron chi connectivity index (χ1n) is 7.92. The maximum atomic E-state index is 12.0. The summed E-state index contributed by atoms with van der Waals surface area (Å²) in [6.45, 7) is 2.96. The van der Waals surface area contributed by atoms with Crippen LogP contribution in [-0.4, -0.2) is 50.9 Å². The summed E-state index contributed by atoms with van der Waals surface area (Å²) >= 11 is 6.21. The first-order chi connectivity index (χ1) is 12.1. The third-order valence-corrected chi connectivity index (χ3v) is 4.72. The van der Waals surface area contributed by atoms with Gasteiger partial charge in [-0.05, 0) is 12.1 Å². The molecule has 9 heteroatoms. The van der Waals surface area contributed by atoms with E-state index in [2.05, 4.69) is 29.9 Å². The Balaban J connectivity index is 1.58. The van der Waals surface area contributed by atoms with E-state index >= 15 is 0 Å². The zero-order valence-electron chi connectivity index (χ0n) is 13.6. The summed E-state index contributed by atoms with van der Waals surface area (Å²) < 4.78 is 1.24. The molecular formula is C16H16ClN7O. The van der Waals surface area contributed by atoms with Crippen molar-refractivity contribution in [2.75, 3.05) is 36.0 Å². The van der Waals surface area contributed by atoms with E-state index < -0.39 is 0 Å². The number of aromatic nitrogens is 5. The fraction of sp³-hybridized carbons (Fsp3) is 0.312. The number of hydrogen-bond donors (Lipinski definition) is 0. The Labute approximate surface area is 148 Å². The molecule has 0 N–H and O–H groups in total. The van der Waals surface area contributed by atoms with Gasteiger partial charge in [0.15, 0.2) is 5.65 Å². The molecule has 0 radical (unpaired) electrons. The molecule has 1 fully saturated rings. The number of rotatable bonds is 2. The summed E-state index contributed by atoms with van der Waals surface area (Å²) in [5, 5.41) is 5.22. The Hall–Kier alpha value is -2.74. The molecule has 0 unspecified atom stereocenters. The molecule has 0 atom stereocenters. The highest BCUT2D eigenvalue weighted by atomic mass is 35.5. The zero-order valence-corrected chi connectivity index (χ0v) is 14.4. The summed E-state index contributed by atoms with van der Waals surface area (Å²) in [4.78, 5) is 29.2. The predicted molar refractivity (Wildman–Crippen MR) is 96.2 cm³/mol. The average molecular weight is 358 g/mol. The molecule has 8 nitrogen and oxygen atoms in total. The van der Waals surface area contributed by atoms with E-state index in [0.717, 1.165) is 37.4 Å². The first kappa shape index (κ1) is 15.8. The van der Waals surface area contributed by atoms with Crippen LogP contribution >= 0.6 is 11.6 Å². The van der Waals surface area contributed by atoms with Crippen molar-refractivity contribution in [2.45, 2.75) is 0 Å². The molecule has 4 heterocycles. The van der Waals surface area contributed by atoms with Crippen LogP contribution < -0.4 is 15.4 Å². The molecule has 1 saturated heterocycles. The summed E-state index contributed by atoms with van der Waals surface area (Å²) in [6.07, 6.45) is 4.91. The standard InChI is InChI=1S/C16H16ClN7O/c1-22-16(25)13(17)12(9-21-22)23-5-7-24(8-6-23)15-11-3-2-4-18-14(11)19-10-20-15/h2-4,9-10H,5-8H2,1H3. The smallest absolute Gasteiger partial charge is 0.287 e. The van der Waals surface area contributed by atoms with Crippen LogP contribution in [-0.2, 0) is 7.05 Å². The van der Waals surface area contributed by atoms with E-state index in [0.29, 0.717) is 11.3 Å². The van der Waals surface area contributed by atoms with Gasteiger partial charge in [0.05, 0.1) is 17.3 Å². The van der Waals surface area contributed by atoms with Crippen molar-refractivity contribution in [1.29, 1.82) is 0 Å². The summed E-state index contributed by atoms with van der Waals surface area (Å²) in [5.41, 5.74) is 1.09. The predicted octanol–water partition coefficient (Wildman–Crippen LogP) is 1.10. The minimum absolute atomic E-state index is 0.211. The number of anilines is 2. The highest BCUT2D eigenvalue weighted by Gasteiger charge is 2.23. The Morgan fingerprint density at radius 1 is 1.08 bits per heavy atom. The number of piperazine rings is 1. The molecular weight excluding hydrogens is 342 g/mol. The molecule has 0 saturated carbocycles. The fourth-order valence-electron chi connectivity index (χ4n) is 3.02. The van der Waals surface area contributed by atoms with Crippen molar-refractivity contribution in [3.63, 3.8) is 0 Å². The Morgan fingerprint density at radius 3 is 2.64 bits per heavy atom. The van der Waals surface area contributed by atoms with Crippen LogP contribution in [0.5, 0.6) is 0 Å². The van der Waals surface area contributed by atoms with Crippen molar-refractivity contribution >= 4 is 34.1 Å². The molecule has 128 valence electrons. The Bertz CT molecular complexity index is 976. The average Bonchev–Trinajstić information content (AvgIpc) is 2.66. The van der Waals surface area contributed by atoms with Crippen molar-refractivity contribution in [2.24, 2.45) is 7.05 Å². The number of fused-ring (bicyclic) bond motifs is 1. The zero-order chi connectivity index (χ0) is 17.4. The van der Waals surface area contributed by atoms with E-state index in [1.807, 2.05) is 12.1 Å². The van der Waals surface area contributed by atoms with E-state index in [1.165, 1.54) is 4.68 Å². The Morgan fingerprint density at radius 2 is 1.84 bits per heavy atom. The van der Waals surface area contributed by atoms with Crippen LogP contribution in [0.25, 0.3) is 11.0 Å². The van der Waals surface area contributed by atoms with Crippen LogP contribution in [0.4, 0.5) is 11.5 Å². The lowest BCUT2D eigenvalue weighted by molar-refractivity contribution is 0.639. The second-order valence-corrected chi connectivity index (χ2v) is 6.20. The first-order valence-corrected chi connectivity index (χ1v) is 8.30. The van der Waals surface area contributed by atoms with E-state index in [-0.39, 0.29) is 10.6 Å². The minimum atomic E-state index is -0.283. The highest BCUT2D eigenvalue weighted by molar-refractivity contribution is 6.33. The van der Waals surface area contributed by atoms with Gasteiger partial charge < -0.3 is 9.80 Å². The monoisotopic (exact) mass is 357 g/mol. The molecule has 4 rings (SSSR count). The van der Waals surface area contributed by atoms with Crippen LogP contribution in [0.15, 0.2) is 35.6 Å². The SMILES string of the molecule is Cn1ncc(N2CCN(c3ncnc4ncccc34)CC2)c(Cl)c1=O. The molecule has 0 spiro atoms. The Kier molecular flexibility index (Phi) is 3.96. The molecule has 0 aromatic carbocycles. The number of nitrogens with zero attached hydrogens (tertiary/aromatic N) is 7. The molecule has 0 bridgehead atoms. The molecule has 1 aliphatic rings. The van der Waals surface area contributed by atoms with Crippen LogP contribution in [0, 0.1) is 0 Å². The van der Waals surface area contributed by atoms with Crippen molar-refractivity contribution in [1.82, 2.24) is 24.7 Å². The van der Waals surface area contributed by atoms with Gasteiger partial charge in [0.25, 0.3) is 5.56 Å². The number of hydrogen-bond acceptors (Lipinski definition) is 7. The lowest BCUT2D eigenvalue weighted by atomic mass is 10.2.